The summed E-state index contributed by atoms with van der Waals surface area (Å²) in [6.07, 6.45) is -0.766. The minimum Gasteiger partial charge on any atom is -0.468 e. The second kappa shape index (κ2) is 5.64. The first kappa shape index (κ1) is 11.0. The van der Waals surface area contributed by atoms with Crippen LogP contribution in [0.25, 0.3) is 0 Å². The van der Waals surface area contributed by atoms with E-state index in [0.717, 1.165) is 5.56 Å². The number of hydrogen-bond acceptors (Lipinski definition) is 3. The molecule has 0 heterocycles. The summed E-state index contributed by atoms with van der Waals surface area (Å²) < 4.78 is 9.31. The summed E-state index contributed by atoms with van der Waals surface area (Å²) in [6.45, 7) is 0.167. The average molecular weight is 208 g/mol. The number of benzene rings is 1. The fourth-order valence-electron chi connectivity index (χ4n) is 0.887. The van der Waals surface area contributed by atoms with Crippen LogP contribution in [0.2, 0.25) is 0 Å². The van der Waals surface area contributed by atoms with Crippen LogP contribution in [0.1, 0.15) is 5.56 Å². The van der Waals surface area contributed by atoms with Gasteiger partial charge >= 0.3 is 6.09 Å². The van der Waals surface area contributed by atoms with E-state index in [-0.39, 0.29) is 12.6 Å². The molecule has 1 amide bonds. The molecule has 0 aromatic heterocycles. The van der Waals surface area contributed by atoms with Gasteiger partial charge in [0.05, 0.1) is 7.11 Å². The highest BCUT2D eigenvalue weighted by atomic mass is 16.6. The molecule has 0 spiro atoms. The molecule has 0 radical (unpaired) electrons. The number of carbonyl (C=O) groups excluding carboxylic acids is 1. The van der Waals surface area contributed by atoms with Crippen molar-refractivity contribution in [1.29, 1.82) is 0 Å². The third-order valence-electron chi connectivity index (χ3n) is 1.62. The normalized spacial score (nSPS) is 10.9. The molecule has 0 atom stereocenters. The van der Waals surface area contributed by atoms with Gasteiger partial charge in [-0.15, -0.1) is 4.99 Å². The Hall–Kier alpha value is -2.04. The zero-order valence-electron chi connectivity index (χ0n) is 8.34. The highest BCUT2D eigenvalue weighted by Gasteiger charge is 2.01. The van der Waals surface area contributed by atoms with E-state index in [9.17, 15) is 4.79 Å². The minimum absolute atomic E-state index is 0.167. The Morgan fingerprint density at radius 3 is 2.67 bits per heavy atom. The lowest BCUT2D eigenvalue weighted by Gasteiger charge is -2.01. The maximum absolute atomic E-state index is 11.0. The third kappa shape index (κ3) is 4.12. The van der Waals surface area contributed by atoms with Crippen molar-refractivity contribution in [3.63, 3.8) is 0 Å². The van der Waals surface area contributed by atoms with Gasteiger partial charge in [0.2, 0.25) is 0 Å². The van der Waals surface area contributed by atoms with E-state index in [2.05, 4.69) is 9.73 Å². The van der Waals surface area contributed by atoms with Crippen molar-refractivity contribution in [2.24, 2.45) is 10.7 Å². The van der Waals surface area contributed by atoms with Gasteiger partial charge in [-0.2, -0.15) is 0 Å². The first-order chi connectivity index (χ1) is 7.22. The van der Waals surface area contributed by atoms with Crippen LogP contribution in [-0.4, -0.2) is 19.2 Å². The quantitative estimate of drug-likeness (QED) is 0.587. The van der Waals surface area contributed by atoms with Crippen molar-refractivity contribution in [2.45, 2.75) is 6.61 Å². The van der Waals surface area contributed by atoms with Crippen molar-refractivity contribution in [1.82, 2.24) is 0 Å². The standard InChI is InChI=1S/C10H12N2O3/c1-14-9(11)12-10(13)15-7-8-5-3-2-4-6-8/h2-6H,7H2,1H3,(H2,11,12,13). The van der Waals surface area contributed by atoms with Gasteiger partial charge < -0.3 is 15.2 Å². The first-order valence-corrected chi connectivity index (χ1v) is 4.31. The van der Waals surface area contributed by atoms with Crippen LogP contribution < -0.4 is 5.73 Å². The summed E-state index contributed by atoms with van der Waals surface area (Å²) in [5, 5.41) is 0. The van der Waals surface area contributed by atoms with E-state index >= 15 is 0 Å². The Bertz CT molecular complexity index is 349. The SMILES string of the molecule is CO/C(N)=N\C(=O)OCc1ccccc1. The predicted molar refractivity (Wildman–Crippen MR) is 55.3 cm³/mol. The topological polar surface area (TPSA) is 73.9 Å². The van der Waals surface area contributed by atoms with Crippen LogP contribution in [0, 0.1) is 0 Å². The Labute approximate surface area is 87.5 Å². The highest BCUT2D eigenvalue weighted by molar-refractivity contribution is 5.85. The predicted octanol–water partition coefficient (Wildman–Crippen LogP) is 1.28. The molecule has 80 valence electrons. The smallest absolute Gasteiger partial charge is 0.438 e. The number of hydrogen-bond donors (Lipinski definition) is 1. The maximum Gasteiger partial charge on any atom is 0.438 e. The van der Waals surface area contributed by atoms with E-state index in [1.54, 1.807) is 0 Å². The summed E-state index contributed by atoms with van der Waals surface area (Å²) in [5.41, 5.74) is 6.06. The largest absolute Gasteiger partial charge is 0.468 e. The molecule has 0 saturated carbocycles. The van der Waals surface area contributed by atoms with Gasteiger partial charge in [-0.3, -0.25) is 0 Å². The number of amidine groups is 1. The number of nitrogens with zero attached hydrogens (tertiary/aromatic N) is 1. The number of carbonyl (C=O) groups is 1. The summed E-state index contributed by atoms with van der Waals surface area (Å²) >= 11 is 0. The molecule has 0 aliphatic heterocycles. The summed E-state index contributed by atoms with van der Waals surface area (Å²) in [4.78, 5) is 14.3. The summed E-state index contributed by atoms with van der Waals surface area (Å²) in [7, 11) is 1.32. The van der Waals surface area contributed by atoms with Crippen LogP contribution in [-0.2, 0) is 16.1 Å². The van der Waals surface area contributed by atoms with Crippen molar-refractivity contribution >= 4 is 12.1 Å². The molecule has 0 aliphatic carbocycles. The number of rotatable bonds is 2. The fraction of sp³-hybridized carbons (Fsp3) is 0.200. The Kier molecular flexibility index (Phi) is 4.15. The van der Waals surface area contributed by atoms with Gasteiger partial charge in [-0.25, -0.2) is 4.79 Å². The van der Waals surface area contributed by atoms with Crippen LogP contribution in [0.3, 0.4) is 0 Å². The molecule has 1 aromatic rings. The Morgan fingerprint density at radius 1 is 1.40 bits per heavy atom. The second-order valence-corrected chi connectivity index (χ2v) is 2.69. The van der Waals surface area contributed by atoms with E-state index in [1.807, 2.05) is 30.3 Å². The molecule has 0 unspecified atom stereocenters. The number of ether oxygens (including phenoxy) is 2. The lowest BCUT2D eigenvalue weighted by atomic mass is 10.2. The number of amides is 1. The molecule has 0 aliphatic rings. The van der Waals surface area contributed by atoms with E-state index < -0.39 is 6.09 Å². The molecule has 1 rings (SSSR count). The molecule has 15 heavy (non-hydrogen) atoms. The van der Waals surface area contributed by atoms with Crippen molar-refractivity contribution in [3.05, 3.63) is 35.9 Å². The molecular formula is C10H12N2O3. The number of aliphatic imine (C=N–C) groups is 1. The van der Waals surface area contributed by atoms with E-state index in [4.69, 9.17) is 10.5 Å². The van der Waals surface area contributed by atoms with E-state index in [1.165, 1.54) is 7.11 Å². The van der Waals surface area contributed by atoms with Gasteiger partial charge in [0.1, 0.15) is 6.61 Å². The van der Waals surface area contributed by atoms with Gasteiger partial charge in [-0.1, -0.05) is 30.3 Å². The second-order valence-electron chi connectivity index (χ2n) is 2.69. The summed E-state index contributed by atoms with van der Waals surface area (Å²) in [5.74, 6) is 0. The molecule has 0 bridgehead atoms. The highest BCUT2D eigenvalue weighted by Crippen LogP contribution is 2.01. The molecule has 5 nitrogen and oxygen atoms in total. The first-order valence-electron chi connectivity index (χ1n) is 4.31. The van der Waals surface area contributed by atoms with Crippen LogP contribution in [0.15, 0.2) is 35.3 Å². The number of nitrogens with two attached hydrogens (primary N) is 1. The minimum atomic E-state index is -0.766. The van der Waals surface area contributed by atoms with Gasteiger partial charge in [0, 0.05) is 0 Å². The van der Waals surface area contributed by atoms with Crippen LogP contribution in [0.4, 0.5) is 4.79 Å². The van der Waals surface area contributed by atoms with Gasteiger partial charge in [0.25, 0.3) is 6.02 Å². The zero-order chi connectivity index (χ0) is 11.1. The third-order valence-corrected chi connectivity index (χ3v) is 1.62. The lowest BCUT2D eigenvalue weighted by Crippen LogP contribution is -2.16. The van der Waals surface area contributed by atoms with Crippen molar-refractivity contribution in [2.75, 3.05) is 7.11 Å². The molecule has 5 heteroatoms. The number of methoxy groups -OCH3 is 1. The average Bonchev–Trinajstić information content (AvgIpc) is 2.27. The monoisotopic (exact) mass is 208 g/mol. The Morgan fingerprint density at radius 2 is 2.07 bits per heavy atom. The van der Waals surface area contributed by atoms with Crippen LogP contribution in [0.5, 0.6) is 0 Å². The zero-order valence-corrected chi connectivity index (χ0v) is 8.34. The molecule has 0 fully saturated rings. The van der Waals surface area contributed by atoms with Crippen molar-refractivity contribution < 1.29 is 14.3 Å². The van der Waals surface area contributed by atoms with Crippen molar-refractivity contribution in [3.8, 4) is 0 Å². The molecule has 2 N–H and O–H groups in total. The van der Waals surface area contributed by atoms with E-state index in [0.29, 0.717) is 0 Å². The summed E-state index contributed by atoms with van der Waals surface area (Å²) in [6, 6.07) is 9.07. The Balaban J connectivity index is 2.41. The lowest BCUT2D eigenvalue weighted by molar-refractivity contribution is 0.150. The molecule has 0 saturated heterocycles. The molecule has 1 aromatic carbocycles. The molecular weight excluding hydrogens is 196 g/mol. The van der Waals surface area contributed by atoms with Gasteiger partial charge in [-0.05, 0) is 5.56 Å². The van der Waals surface area contributed by atoms with Crippen LogP contribution >= 0.6 is 0 Å². The maximum atomic E-state index is 11.0. The van der Waals surface area contributed by atoms with Gasteiger partial charge in [0.15, 0.2) is 0 Å². The fourth-order valence-corrected chi connectivity index (χ4v) is 0.887.